The van der Waals surface area contributed by atoms with Crippen molar-refractivity contribution in [2.75, 3.05) is 0 Å². The summed E-state index contributed by atoms with van der Waals surface area (Å²) in [6, 6.07) is 1.65. The maximum Gasteiger partial charge on any atom is 0.138 e. The number of thioether (sulfide) groups is 1. The lowest BCUT2D eigenvalue weighted by Crippen LogP contribution is -1.54. The van der Waals surface area contributed by atoms with Crippen molar-refractivity contribution in [2.45, 2.75) is 0 Å². The number of thiocyanates is 1. The molecule has 0 aromatic rings. The Morgan fingerprint density at radius 2 is 2.25 bits per heavy atom. The maximum atomic E-state index is 7.99. The molecule has 0 fully saturated rings. The van der Waals surface area contributed by atoms with Crippen LogP contribution < -0.4 is 0 Å². The monoisotopic (exact) mass is 144 g/mol. The molecule has 0 N–H and O–H groups in total. The highest BCUT2D eigenvalue weighted by molar-refractivity contribution is 8.06. The third-order valence-corrected chi connectivity index (χ3v) is 1.10. The van der Waals surface area contributed by atoms with Crippen molar-refractivity contribution in [3.63, 3.8) is 0 Å². The number of nitrogens with zero attached hydrogens (tertiary/aromatic N) is 2. The fourth-order valence-electron chi connectivity index (χ4n) is 0.104. The summed E-state index contributed by atoms with van der Waals surface area (Å²) in [4.78, 5) is 0. The Balaban J connectivity index is 3.67. The smallest absolute Gasteiger partial charge is 0.138 e. The molecule has 0 amide bonds. The molecule has 0 heterocycles. The van der Waals surface area contributed by atoms with E-state index >= 15 is 0 Å². The van der Waals surface area contributed by atoms with E-state index in [0.29, 0.717) is 0 Å². The number of halogens is 1. The normalized spacial score (nSPS) is 9.62. The molecule has 0 aliphatic rings. The van der Waals surface area contributed by atoms with Crippen molar-refractivity contribution in [1.82, 2.24) is 0 Å². The Hall–Kier alpha value is -0.640. The SMILES string of the molecule is N#CSC=C(Cl)C#N. The van der Waals surface area contributed by atoms with Crippen molar-refractivity contribution in [1.29, 1.82) is 10.5 Å². The fraction of sp³-hybridized carbons (Fsp3) is 0. The van der Waals surface area contributed by atoms with E-state index in [4.69, 9.17) is 22.1 Å². The zero-order chi connectivity index (χ0) is 6.41. The molecule has 0 aromatic heterocycles. The lowest BCUT2D eigenvalue weighted by atomic mass is 10.7. The van der Waals surface area contributed by atoms with Crippen LogP contribution in [0.1, 0.15) is 0 Å². The van der Waals surface area contributed by atoms with Crippen LogP contribution in [0.5, 0.6) is 0 Å². The van der Waals surface area contributed by atoms with Crippen molar-refractivity contribution in [3.8, 4) is 11.5 Å². The maximum absolute atomic E-state index is 7.99. The van der Waals surface area contributed by atoms with E-state index < -0.39 is 0 Å². The first-order valence-electron chi connectivity index (χ1n) is 1.61. The van der Waals surface area contributed by atoms with Crippen LogP contribution in [0, 0.1) is 22.0 Å². The van der Waals surface area contributed by atoms with Gasteiger partial charge in [-0.2, -0.15) is 10.5 Å². The summed E-state index contributed by atoms with van der Waals surface area (Å²) in [5.74, 6) is 0. The molecule has 0 aliphatic heterocycles. The van der Waals surface area contributed by atoms with Crippen LogP contribution in [0.4, 0.5) is 0 Å². The lowest BCUT2D eigenvalue weighted by Gasteiger charge is -1.72. The van der Waals surface area contributed by atoms with Gasteiger partial charge in [-0.15, -0.1) is 0 Å². The van der Waals surface area contributed by atoms with Gasteiger partial charge in [0.2, 0.25) is 0 Å². The van der Waals surface area contributed by atoms with Crippen LogP contribution in [-0.2, 0) is 0 Å². The second-order valence-electron chi connectivity index (χ2n) is 0.787. The van der Waals surface area contributed by atoms with Gasteiger partial charge in [-0.3, -0.25) is 0 Å². The van der Waals surface area contributed by atoms with Crippen LogP contribution in [0.3, 0.4) is 0 Å². The second-order valence-corrected chi connectivity index (χ2v) is 1.85. The van der Waals surface area contributed by atoms with E-state index in [9.17, 15) is 0 Å². The Bertz CT molecular complexity index is 173. The first-order valence-corrected chi connectivity index (χ1v) is 2.87. The third-order valence-electron chi connectivity index (χ3n) is 0.322. The predicted molar refractivity (Wildman–Crippen MR) is 32.8 cm³/mol. The lowest BCUT2D eigenvalue weighted by molar-refractivity contribution is 1.53. The molecule has 8 heavy (non-hydrogen) atoms. The van der Waals surface area contributed by atoms with Gasteiger partial charge in [0.15, 0.2) is 0 Å². The Morgan fingerprint density at radius 3 is 2.62 bits per heavy atom. The van der Waals surface area contributed by atoms with Gasteiger partial charge in [0, 0.05) is 5.41 Å². The van der Waals surface area contributed by atoms with Gasteiger partial charge in [-0.05, 0) is 11.8 Å². The summed E-state index contributed by atoms with van der Waals surface area (Å²) in [5.41, 5.74) is 0. The summed E-state index contributed by atoms with van der Waals surface area (Å²) in [5, 5.41) is 19.0. The molecule has 0 aliphatic carbocycles. The zero-order valence-corrected chi connectivity index (χ0v) is 5.33. The van der Waals surface area contributed by atoms with Crippen LogP contribution >= 0.6 is 23.4 Å². The van der Waals surface area contributed by atoms with Crippen LogP contribution in [-0.4, -0.2) is 0 Å². The van der Waals surface area contributed by atoms with Crippen molar-refractivity contribution in [3.05, 3.63) is 10.4 Å². The Labute approximate surface area is 56.4 Å². The van der Waals surface area contributed by atoms with Gasteiger partial charge >= 0.3 is 0 Å². The van der Waals surface area contributed by atoms with Gasteiger partial charge in [0.25, 0.3) is 0 Å². The molecule has 2 nitrogen and oxygen atoms in total. The molecule has 0 bridgehead atoms. The number of hydrogen-bond acceptors (Lipinski definition) is 3. The molecule has 0 atom stereocenters. The van der Waals surface area contributed by atoms with Gasteiger partial charge in [-0.1, -0.05) is 11.6 Å². The van der Waals surface area contributed by atoms with E-state index in [0.717, 1.165) is 11.8 Å². The summed E-state index contributed by atoms with van der Waals surface area (Å²) >= 11 is 6.00. The number of nitriles is 2. The molecule has 0 aromatic carbocycles. The molecular weight excluding hydrogens is 144 g/mol. The minimum absolute atomic E-state index is 0.0385. The topological polar surface area (TPSA) is 47.6 Å². The average molecular weight is 145 g/mol. The number of hydrogen-bond donors (Lipinski definition) is 0. The van der Waals surface area contributed by atoms with Crippen molar-refractivity contribution < 1.29 is 0 Å². The highest BCUT2D eigenvalue weighted by atomic mass is 35.5. The number of rotatable bonds is 1. The molecule has 0 radical (unpaired) electrons. The third kappa shape index (κ3) is 3.55. The highest BCUT2D eigenvalue weighted by Gasteiger charge is 1.83. The summed E-state index contributed by atoms with van der Waals surface area (Å²) in [6.07, 6.45) is 0. The van der Waals surface area contributed by atoms with Gasteiger partial charge in [0.05, 0.1) is 0 Å². The molecule has 0 saturated carbocycles. The van der Waals surface area contributed by atoms with Crippen molar-refractivity contribution >= 4 is 23.4 Å². The molecule has 4 heteroatoms. The first-order chi connectivity index (χ1) is 3.81. The van der Waals surface area contributed by atoms with Gasteiger partial charge in [0.1, 0.15) is 16.5 Å². The van der Waals surface area contributed by atoms with E-state index in [1.807, 2.05) is 0 Å². The molecule has 40 valence electrons. The van der Waals surface area contributed by atoms with Gasteiger partial charge < -0.3 is 0 Å². The summed E-state index contributed by atoms with van der Waals surface area (Å²) in [6.45, 7) is 0. The van der Waals surface area contributed by atoms with Crippen LogP contribution in [0.2, 0.25) is 0 Å². The molecule has 0 saturated heterocycles. The Morgan fingerprint density at radius 1 is 1.62 bits per heavy atom. The zero-order valence-electron chi connectivity index (χ0n) is 3.76. The minimum Gasteiger partial charge on any atom is -0.191 e. The quantitative estimate of drug-likeness (QED) is 0.417. The fourth-order valence-corrected chi connectivity index (χ4v) is 0.447. The second kappa shape index (κ2) is 4.52. The van der Waals surface area contributed by atoms with Crippen LogP contribution in [0.25, 0.3) is 0 Å². The molecule has 0 spiro atoms. The van der Waals surface area contributed by atoms with E-state index in [1.165, 1.54) is 5.41 Å². The Kier molecular flexibility index (Phi) is 4.16. The largest absolute Gasteiger partial charge is 0.191 e. The van der Waals surface area contributed by atoms with Crippen molar-refractivity contribution in [2.24, 2.45) is 0 Å². The van der Waals surface area contributed by atoms with E-state index in [1.54, 1.807) is 11.5 Å². The molecule has 0 rings (SSSR count). The minimum atomic E-state index is 0.0385. The highest BCUT2D eigenvalue weighted by Crippen LogP contribution is 2.06. The standard InChI is InChI=1S/C4HClN2S/c5-4(1-6)2-8-3-7/h2H. The predicted octanol–water partition coefficient (Wildman–Crippen LogP) is 1.80. The molecule has 0 unspecified atom stereocenters. The van der Waals surface area contributed by atoms with Crippen LogP contribution in [0.15, 0.2) is 10.4 Å². The van der Waals surface area contributed by atoms with E-state index in [2.05, 4.69) is 0 Å². The molecular formula is C4HClN2S. The van der Waals surface area contributed by atoms with E-state index in [-0.39, 0.29) is 5.03 Å². The van der Waals surface area contributed by atoms with Gasteiger partial charge in [-0.25, -0.2) is 0 Å². The average Bonchev–Trinajstić information content (AvgIpc) is 1.83. The first kappa shape index (κ1) is 7.36. The summed E-state index contributed by atoms with van der Waals surface area (Å²) in [7, 11) is 0. The number of allylic oxidation sites excluding steroid dienone is 1. The summed E-state index contributed by atoms with van der Waals surface area (Å²) < 4.78 is 0.